The second-order valence-electron chi connectivity index (χ2n) is 5.77. The zero-order valence-corrected chi connectivity index (χ0v) is 20.3. The minimum absolute atomic E-state index is 0. The SMILES string of the molecule is CCS(=O)(=O)N(C)CCCNC(=NC)NCc1ccc(F)cc1CSC.I. The average Bonchev–Trinajstić information content (AvgIpc) is 2.62. The number of nitrogens with one attached hydrogen (secondary N) is 2. The zero-order valence-electron chi connectivity index (χ0n) is 16.3. The van der Waals surface area contributed by atoms with Crippen LogP contribution in [-0.4, -0.2) is 57.9 Å². The normalized spacial score (nSPS) is 12.0. The minimum Gasteiger partial charge on any atom is -0.356 e. The molecular weight excluding hydrogens is 502 g/mol. The van der Waals surface area contributed by atoms with Crippen molar-refractivity contribution in [2.45, 2.75) is 25.6 Å². The van der Waals surface area contributed by atoms with E-state index in [1.807, 2.05) is 6.26 Å². The first kappa shape index (κ1) is 26.4. The number of halogens is 2. The first-order valence-electron chi connectivity index (χ1n) is 8.48. The van der Waals surface area contributed by atoms with E-state index in [1.54, 1.807) is 44.9 Å². The molecule has 0 aliphatic rings. The lowest BCUT2D eigenvalue weighted by molar-refractivity contribution is 0.461. The van der Waals surface area contributed by atoms with Gasteiger partial charge in [0.2, 0.25) is 10.0 Å². The standard InChI is InChI=1S/C17H29FN4O2S2.HI/c1-5-26(23,24)22(3)10-6-9-20-17(19-2)21-12-14-7-8-16(18)11-15(14)13-25-4;/h7-8,11H,5-6,9-10,12-13H2,1-4H3,(H2,19,20,21);1H. The summed E-state index contributed by atoms with van der Waals surface area (Å²) in [7, 11) is 0.131. The van der Waals surface area contributed by atoms with Crippen molar-refractivity contribution in [1.82, 2.24) is 14.9 Å². The predicted octanol–water partition coefficient (Wildman–Crippen LogP) is 2.64. The molecule has 0 spiro atoms. The van der Waals surface area contributed by atoms with Crippen LogP contribution in [0.1, 0.15) is 24.5 Å². The molecule has 1 rings (SSSR count). The first-order chi connectivity index (χ1) is 12.3. The summed E-state index contributed by atoms with van der Waals surface area (Å²) in [5, 5.41) is 6.37. The van der Waals surface area contributed by atoms with Crippen molar-refractivity contribution < 1.29 is 12.8 Å². The van der Waals surface area contributed by atoms with Gasteiger partial charge >= 0.3 is 0 Å². The number of sulfonamides is 1. The van der Waals surface area contributed by atoms with Gasteiger partial charge in [0, 0.05) is 39.5 Å². The van der Waals surface area contributed by atoms with Crippen molar-refractivity contribution in [3.05, 3.63) is 35.1 Å². The van der Waals surface area contributed by atoms with Crippen LogP contribution in [0.4, 0.5) is 4.39 Å². The van der Waals surface area contributed by atoms with Gasteiger partial charge in [-0.2, -0.15) is 11.8 Å². The molecule has 0 saturated heterocycles. The average molecular weight is 532 g/mol. The molecule has 0 aliphatic heterocycles. The molecular formula is C17H30FIN4O2S2. The first-order valence-corrected chi connectivity index (χ1v) is 11.5. The Kier molecular flexibility index (Phi) is 13.3. The van der Waals surface area contributed by atoms with Crippen LogP contribution in [0.25, 0.3) is 0 Å². The Labute approximate surface area is 183 Å². The molecule has 0 saturated carbocycles. The van der Waals surface area contributed by atoms with Crippen molar-refractivity contribution >= 4 is 51.7 Å². The lowest BCUT2D eigenvalue weighted by Gasteiger charge is -2.17. The van der Waals surface area contributed by atoms with Crippen molar-refractivity contribution in [3.8, 4) is 0 Å². The lowest BCUT2D eigenvalue weighted by Crippen LogP contribution is -2.38. The fourth-order valence-corrected chi connectivity index (χ4v) is 3.75. The van der Waals surface area contributed by atoms with E-state index in [0.29, 0.717) is 32.0 Å². The van der Waals surface area contributed by atoms with Crippen LogP contribution in [0, 0.1) is 5.82 Å². The summed E-state index contributed by atoms with van der Waals surface area (Å²) in [5.74, 6) is 1.26. The summed E-state index contributed by atoms with van der Waals surface area (Å²) >= 11 is 1.65. The van der Waals surface area contributed by atoms with E-state index in [9.17, 15) is 12.8 Å². The van der Waals surface area contributed by atoms with Gasteiger partial charge in [-0.1, -0.05) is 6.07 Å². The van der Waals surface area contributed by atoms with Gasteiger partial charge in [0.1, 0.15) is 5.82 Å². The molecule has 6 nitrogen and oxygen atoms in total. The Hall–Kier alpha value is -0.590. The highest BCUT2D eigenvalue weighted by atomic mass is 127. The summed E-state index contributed by atoms with van der Waals surface area (Å²) in [6, 6.07) is 4.81. The number of hydrogen-bond acceptors (Lipinski definition) is 4. The smallest absolute Gasteiger partial charge is 0.213 e. The van der Waals surface area contributed by atoms with Gasteiger partial charge in [-0.15, -0.1) is 24.0 Å². The molecule has 0 fully saturated rings. The second kappa shape index (κ2) is 13.6. The van der Waals surface area contributed by atoms with Crippen molar-refractivity contribution in [2.24, 2.45) is 4.99 Å². The Bertz CT molecular complexity index is 702. The zero-order chi connectivity index (χ0) is 19.6. The molecule has 0 atom stereocenters. The molecule has 2 N–H and O–H groups in total. The van der Waals surface area contributed by atoms with E-state index >= 15 is 0 Å². The maximum Gasteiger partial charge on any atom is 0.213 e. The summed E-state index contributed by atoms with van der Waals surface area (Å²) in [6.07, 6.45) is 2.66. The van der Waals surface area contributed by atoms with Crippen LogP contribution in [0.5, 0.6) is 0 Å². The molecule has 0 bridgehead atoms. The third kappa shape index (κ3) is 9.44. The Morgan fingerprint density at radius 3 is 2.59 bits per heavy atom. The van der Waals surface area contributed by atoms with Gasteiger partial charge in [-0.05, 0) is 42.9 Å². The van der Waals surface area contributed by atoms with Gasteiger partial charge in [0.05, 0.1) is 5.75 Å². The highest BCUT2D eigenvalue weighted by Gasteiger charge is 2.14. The van der Waals surface area contributed by atoms with Crippen LogP contribution in [-0.2, 0) is 22.3 Å². The number of benzene rings is 1. The molecule has 1 aromatic carbocycles. The third-order valence-corrected chi connectivity index (χ3v) is 6.38. The highest BCUT2D eigenvalue weighted by Crippen LogP contribution is 2.16. The largest absolute Gasteiger partial charge is 0.356 e. The third-order valence-electron chi connectivity index (χ3n) is 3.92. The van der Waals surface area contributed by atoms with Crippen molar-refractivity contribution in [3.63, 3.8) is 0 Å². The summed E-state index contributed by atoms with van der Waals surface area (Å²) in [4.78, 5) is 4.16. The fraction of sp³-hybridized carbons (Fsp3) is 0.588. The van der Waals surface area contributed by atoms with Crippen LogP contribution in [0.15, 0.2) is 23.2 Å². The summed E-state index contributed by atoms with van der Waals surface area (Å²) in [5.41, 5.74) is 1.99. The Balaban J connectivity index is 0.00000676. The second-order valence-corrected chi connectivity index (χ2v) is 9.00. The van der Waals surface area contributed by atoms with Gasteiger partial charge in [0.15, 0.2) is 5.96 Å². The maximum atomic E-state index is 13.4. The van der Waals surface area contributed by atoms with Gasteiger partial charge in [-0.3, -0.25) is 4.99 Å². The van der Waals surface area contributed by atoms with Crippen molar-refractivity contribution in [2.75, 3.05) is 39.2 Å². The van der Waals surface area contributed by atoms with E-state index in [4.69, 9.17) is 0 Å². The molecule has 0 unspecified atom stereocenters. The van der Waals surface area contributed by atoms with E-state index in [0.717, 1.165) is 16.9 Å². The molecule has 0 heterocycles. The molecule has 10 heteroatoms. The summed E-state index contributed by atoms with van der Waals surface area (Å²) < 4.78 is 38.2. The van der Waals surface area contributed by atoms with Crippen molar-refractivity contribution in [1.29, 1.82) is 0 Å². The van der Waals surface area contributed by atoms with E-state index in [2.05, 4.69) is 15.6 Å². The molecule has 27 heavy (non-hydrogen) atoms. The maximum absolute atomic E-state index is 13.4. The van der Waals surface area contributed by atoms with Gasteiger partial charge < -0.3 is 10.6 Å². The number of guanidine groups is 1. The molecule has 0 radical (unpaired) electrons. The molecule has 0 aliphatic carbocycles. The molecule has 1 aromatic rings. The number of aliphatic imine (C=N–C) groups is 1. The lowest BCUT2D eigenvalue weighted by atomic mass is 10.1. The van der Waals surface area contributed by atoms with Crippen LogP contribution >= 0.6 is 35.7 Å². The number of nitrogens with zero attached hydrogens (tertiary/aromatic N) is 2. The fourth-order valence-electron chi connectivity index (χ4n) is 2.32. The number of hydrogen-bond donors (Lipinski definition) is 2. The van der Waals surface area contributed by atoms with E-state index in [-0.39, 0.29) is 35.5 Å². The predicted molar refractivity (Wildman–Crippen MR) is 124 cm³/mol. The number of rotatable bonds is 10. The monoisotopic (exact) mass is 532 g/mol. The molecule has 0 aromatic heterocycles. The van der Waals surface area contributed by atoms with E-state index < -0.39 is 10.0 Å². The molecule has 156 valence electrons. The van der Waals surface area contributed by atoms with E-state index in [1.165, 1.54) is 10.4 Å². The summed E-state index contributed by atoms with van der Waals surface area (Å²) in [6.45, 7) is 3.23. The van der Waals surface area contributed by atoms with Gasteiger partial charge in [-0.25, -0.2) is 17.1 Å². The van der Waals surface area contributed by atoms with Crippen LogP contribution in [0.2, 0.25) is 0 Å². The Morgan fingerprint density at radius 1 is 1.30 bits per heavy atom. The van der Waals surface area contributed by atoms with Crippen LogP contribution in [0.3, 0.4) is 0 Å². The molecule has 0 amide bonds. The topological polar surface area (TPSA) is 73.8 Å². The minimum atomic E-state index is -3.14. The highest BCUT2D eigenvalue weighted by molar-refractivity contribution is 14.0. The number of thioether (sulfide) groups is 1. The Morgan fingerprint density at radius 2 is 2.00 bits per heavy atom. The van der Waals surface area contributed by atoms with Gasteiger partial charge in [0.25, 0.3) is 0 Å². The van der Waals surface area contributed by atoms with Crippen LogP contribution < -0.4 is 10.6 Å². The quantitative estimate of drug-likeness (QED) is 0.210.